The Balaban J connectivity index is 2.62. The number of halogens is 3. The van der Waals surface area contributed by atoms with Crippen molar-refractivity contribution in [2.24, 2.45) is 11.8 Å². The van der Waals surface area contributed by atoms with Gasteiger partial charge in [0, 0.05) is 19.5 Å². The molecule has 0 saturated carbocycles. The maximum Gasteiger partial charge on any atom is 0.406 e. The molecule has 15 heavy (non-hydrogen) atoms. The summed E-state index contributed by atoms with van der Waals surface area (Å²) in [6, 6.07) is 1.19. The lowest BCUT2D eigenvalue weighted by molar-refractivity contribution is -0.164. The first-order valence-corrected chi connectivity index (χ1v) is 4.58. The minimum absolute atomic E-state index is 0.0741. The average Bonchev–Trinajstić information content (AvgIpc) is 2.38. The second-order valence-electron chi connectivity index (χ2n) is 3.83. The standard InChI is InChI=1S/C9H11F3N2O/c1-6-2-8(15)14(4-6)5-7(3-13)9(10,11)12/h6-7H,2,4-5H2,1H3. The quantitative estimate of drug-likeness (QED) is 0.708. The van der Waals surface area contributed by atoms with Crippen LogP contribution < -0.4 is 0 Å². The molecule has 0 bridgehead atoms. The molecule has 84 valence electrons. The molecule has 1 heterocycles. The summed E-state index contributed by atoms with van der Waals surface area (Å²) in [5, 5.41) is 8.37. The van der Waals surface area contributed by atoms with Crippen molar-refractivity contribution in [1.29, 1.82) is 5.26 Å². The first-order valence-electron chi connectivity index (χ1n) is 4.58. The van der Waals surface area contributed by atoms with Crippen LogP contribution in [0.15, 0.2) is 0 Å². The highest BCUT2D eigenvalue weighted by molar-refractivity contribution is 5.78. The summed E-state index contributed by atoms with van der Waals surface area (Å²) in [6.07, 6.45) is -4.28. The summed E-state index contributed by atoms with van der Waals surface area (Å²) in [5.41, 5.74) is 0. The molecule has 3 nitrogen and oxygen atoms in total. The molecule has 0 aromatic rings. The molecule has 0 aliphatic carbocycles. The lowest BCUT2D eigenvalue weighted by Gasteiger charge is -2.21. The van der Waals surface area contributed by atoms with Crippen LogP contribution in [-0.4, -0.2) is 30.1 Å². The predicted octanol–water partition coefficient (Wildman–Crippen LogP) is 1.56. The molecule has 1 fully saturated rings. The van der Waals surface area contributed by atoms with Gasteiger partial charge >= 0.3 is 6.18 Å². The summed E-state index contributed by atoms with van der Waals surface area (Å²) >= 11 is 0. The molecule has 2 atom stereocenters. The van der Waals surface area contributed by atoms with E-state index in [0.717, 1.165) is 4.90 Å². The maximum absolute atomic E-state index is 12.2. The normalized spacial score (nSPS) is 24.1. The van der Waals surface area contributed by atoms with E-state index < -0.39 is 18.6 Å². The first kappa shape index (κ1) is 11.8. The Morgan fingerprint density at radius 3 is 2.60 bits per heavy atom. The second-order valence-corrected chi connectivity index (χ2v) is 3.83. The van der Waals surface area contributed by atoms with Crippen LogP contribution in [0.5, 0.6) is 0 Å². The van der Waals surface area contributed by atoms with Gasteiger partial charge in [-0.1, -0.05) is 6.92 Å². The van der Waals surface area contributed by atoms with Gasteiger partial charge < -0.3 is 4.90 Å². The highest BCUT2D eigenvalue weighted by Gasteiger charge is 2.42. The number of hydrogen-bond acceptors (Lipinski definition) is 2. The Labute approximate surface area is 85.5 Å². The zero-order valence-electron chi connectivity index (χ0n) is 8.21. The number of alkyl halides is 3. The van der Waals surface area contributed by atoms with Crippen molar-refractivity contribution in [3.8, 4) is 6.07 Å². The van der Waals surface area contributed by atoms with Gasteiger partial charge in [0.1, 0.15) is 0 Å². The third-order valence-electron chi connectivity index (χ3n) is 2.36. The van der Waals surface area contributed by atoms with Crippen LogP contribution in [0.25, 0.3) is 0 Å². The van der Waals surface area contributed by atoms with E-state index in [0.29, 0.717) is 6.54 Å². The van der Waals surface area contributed by atoms with Gasteiger partial charge in [0.15, 0.2) is 5.92 Å². The third-order valence-corrected chi connectivity index (χ3v) is 2.36. The van der Waals surface area contributed by atoms with E-state index in [4.69, 9.17) is 5.26 Å². The van der Waals surface area contributed by atoms with Crippen LogP contribution in [0.3, 0.4) is 0 Å². The van der Waals surface area contributed by atoms with Crippen molar-refractivity contribution in [3.05, 3.63) is 0 Å². The topological polar surface area (TPSA) is 44.1 Å². The zero-order chi connectivity index (χ0) is 11.6. The molecule has 2 unspecified atom stereocenters. The lowest BCUT2D eigenvalue weighted by Crippen LogP contribution is -2.36. The molecule has 0 N–H and O–H groups in total. The molecule has 1 saturated heterocycles. The maximum atomic E-state index is 12.2. The number of nitrogens with zero attached hydrogens (tertiary/aromatic N) is 2. The number of carbonyl (C=O) groups excluding carboxylic acids is 1. The summed E-state index contributed by atoms with van der Waals surface area (Å²) in [5.74, 6) is -2.30. The highest BCUT2D eigenvalue weighted by atomic mass is 19.4. The van der Waals surface area contributed by atoms with Crippen molar-refractivity contribution in [3.63, 3.8) is 0 Å². The molecule has 0 aromatic heterocycles. The lowest BCUT2D eigenvalue weighted by atomic mass is 10.1. The van der Waals surface area contributed by atoms with Gasteiger partial charge in [0.2, 0.25) is 5.91 Å². The van der Waals surface area contributed by atoms with Crippen LogP contribution >= 0.6 is 0 Å². The number of likely N-dealkylation sites (tertiary alicyclic amines) is 1. The van der Waals surface area contributed by atoms with Crippen LogP contribution in [0, 0.1) is 23.2 Å². The van der Waals surface area contributed by atoms with Crippen molar-refractivity contribution in [2.45, 2.75) is 19.5 Å². The highest BCUT2D eigenvalue weighted by Crippen LogP contribution is 2.28. The Bertz CT molecular complexity index is 295. The van der Waals surface area contributed by atoms with Gasteiger partial charge in [-0.05, 0) is 5.92 Å². The Morgan fingerprint density at radius 1 is 1.67 bits per heavy atom. The van der Waals surface area contributed by atoms with E-state index in [1.54, 1.807) is 6.92 Å². The van der Waals surface area contributed by atoms with Crippen LogP contribution in [0.1, 0.15) is 13.3 Å². The molecule has 0 radical (unpaired) electrons. The molecular weight excluding hydrogens is 209 g/mol. The molecule has 0 aromatic carbocycles. The molecule has 1 rings (SSSR count). The number of rotatable bonds is 2. The fourth-order valence-corrected chi connectivity index (χ4v) is 1.58. The fourth-order valence-electron chi connectivity index (χ4n) is 1.58. The summed E-state index contributed by atoms with van der Waals surface area (Å²) in [7, 11) is 0. The van der Waals surface area contributed by atoms with Crippen molar-refractivity contribution in [2.75, 3.05) is 13.1 Å². The van der Waals surface area contributed by atoms with E-state index in [9.17, 15) is 18.0 Å². The number of hydrogen-bond donors (Lipinski definition) is 0. The SMILES string of the molecule is CC1CC(=O)N(CC(C#N)C(F)(F)F)C1. The average molecular weight is 220 g/mol. The van der Waals surface area contributed by atoms with Gasteiger partial charge in [-0.3, -0.25) is 4.79 Å². The number of amides is 1. The minimum Gasteiger partial charge on any atom is -0.341 e. The third kappa shape index (κ3) is 2.85. The van der Waals surface area contributed by atoms with Crippen LogP contribution in [0.4, 0.5) is 13.2 Å². The monoisotopic (exact) mass is 220 g/mol. The largest absolute Gasteiger partial charge is 0.406 e. The van der Waals surface area contributed by atoms with Gasteiger partial charge in [-0.25, -0.2) is 0 Å². The van der Waals surface area contributed by atoms with Crippen molar-refractivity contribution >= 4 is 5.91 Å². The second kappa shape index (κ2) is 4.09. The minimum atomic E-state index is -4.55. The molecule has 1 amide bonds. The van der Waals surface area contributed by atoms with Crippen LogP contribution in [-0.2, 0) is 4.79 Å². The predicted molar refractivity (Wildman–Crippen MR) is 45.5 cm³/mol. The Hall–Kier alpha value is -1.25. The smallest absolute Gasteiger partial charge is 0.341 e. The van der Waals surface area contributed by atoms with E-state index in [2.05, 4.69) is 0 Å². The summed E-state index contributed by atoms with van der Waals surface area (Å²) in [4.78, 5) is 12.3. The van der Waals surface area contributed by atoms with Crippen molar-refractivity contribution < 1.29 is 18.0 Å². The van der Waals surface area contributed by atoms with Gasteiger partial charge in [-0.15, -0.1) is 0 Å². The molecule has 1 aliphatic heterocycles. The number of carbonyl (C=O) groups is 1. The summed E-state index contributed by atoms with van der Waals surface area (Å²) < 4.78 is 36.7. The van der Waals surface area contributed by atoms with Gasteiger partial charge in [0.25, 0.3) is 0 Å². The van der Waals surface area contributed by atoms with E-state index >= 15 is 0 Å². The molecule has 0 spiro atoms. The molecule has 6 heteroatoms. The molecule has 1 aliphatic rings. The van der Waals surface area contributed by atoms with E-state index in [1.165, 1.54) is 6.07 Å². The van der Waals surface area contributed by atoms with Gasteiger partial charge in [-0.2, -0.15) is 18.4 Å². The van der Waals surface area contributed by atoms with E-state index in [-0.39, 0.29) is 18.2 Å². The first-order chi connectivity index (χ1) is 6.84. The summed E-state index contributed by atoms with van der Waals surface area (Å²) in [6.45, 7) is 1.57. The van der Waals surface area contributed by atoms with Gasteiger partial charge in [0.05, 0.1) is 6.07 Å². The molecular formula is C9H11F3N2O. The number of nitriles is 1. The van der Waals surface area contributed by atoms with E-state index in [1.807, 2.05) is 0 Å². The Morgan fingerprint density at radius 2 is 2.27 bits per heavy atom. The van der Waals surface area contributed by atoms with Crippen molar-refractivity contribution in [1.82, 2.24) is 4.90 Å². The van der Waals surface area contributed by atoms with Crippen LogP contribution in [0.2, 0.25) is 0 Å². The Kier molecular flexibility index (Phi) is 3.22. The fraction of sp³-hybridized carbons (Fsp3) is 0.778. The zero-order valence-corrected chi connectivity index (χ0v) is 8.21.